The molecule has 2 aromatic carbocycles. The minimum atomic E-state index is 0.562. The number of methoxy groups -OCH3 is 1. The molecule has 0 saturated heterocycles. The Labute approximate surface area is 124 Å². The van der Waals surface area contributed by atoms with Crippen LogP contribution in [0.3, 0.4) is 0 Å². The van der Waals surface area contributed by atoms with E-state index in [-0.39, 0.29) is 0 Å². The number of aryl methyl sites for hydroxylation is 1. The highest BCUT2D eigenvalue weighted by atomic mass is 35.5. The van der Waals surface area contributed by atoms with Crippen LogP contribution in [0.1, 0.15) is 11.1 Å². The second-order valence-corrected chi connectivity index (χ2v) is 5.12. The first kappa shape index (κ1) is 14.7. The topological polar surface area (TPSA) is 47.3 Å². The summed E-state index contributed by atoms with van der Waals surface area (Å²) in [5, 5.41) is 3.98. The molecule has 0 heterocycles. The van der Waals surface area contributed by atoms with E-state index in [1.807, 2.05) is 31.2 Å². The van der Waals surface area contributed by atoms with E-state index in [4.69, 9.17) is 22.1 Å². The second kappa shape index (κ2) is 6.64. The van der Waals surface area contributed by atoms with Crippen molar-refractivity contribution in [3.8, 4) is 0 Å². The van der Waals surface area contributed by atoms with Crippen molar-refractivity contribution in [2.75, 3.05) is 24.8 Å². The number of nitrogens with one attached hydrogen (secondary N) is 1. The number of ether oxygens (including phenoxy) is 1. The number of nitrogens with two attached hydrogens (primary N) is 1. The summed E-state index contributed by atoms with van der Waals surface area (Å²) >= 11 is 6.09. The van der Waals surface area contributed by atoms with Crippen molar-refractivity contribution in [3.05, 3.63) is 52.5 Å². The molecule has 3 nitrogen and oxygen atoms in total. The maximum absolute atomic E-state index is 6.09. The average molecular weight is 291 g/mol. The van der Waals surface area contributed by atoms with Gasteiger partial charge in [-0.05, 0) is 42.7 Å². The number of hydrogen-bond donors (Lipinski definition) is 2. The van der Waals surface area contributed by atoms with E-state index >= 15 is 0 Å². The number of para-hydroxylation sites is 1. The zero-order chi connectivity index (χ0) is 14.5. The quantitative estimate of drug-likeness (QED) is 0.813. The fraction of sp³-hybridized carbons (Fsp3) is 0.250. The molecule has 106 valence electrons. The summed E-state index contributed by atoms with van der Waals surface area (Å²) < 4.78 is 5.14. The van der Waals surface area contributed by atoms with Gasteiger partial charge in [-0.3, -0.25) is 0 Å². The Morgan fingerprint density at radius 2 is 1.95 bits per heavy atom. The molecule has 0 unspecified atom stereocenters. The van der Waals surface area contributed by atoms with Gasteiger partial charge in [-0.25, -0.2) is 0 Å². The van der Waals surface area contributed by atoms with Crippen LogP contribution in [0, 0.1) is 6.92 Å². The maximum atomic E-state index is 6.09. The molecule has 0 atom stereocenters. The van der Waals surface area contributed by atoms with Crippen molar-refractivity contribution in [1.29, 1.82) is 0 Å². The molecule has 0 aliphatic rings. The van der Waals surface area contributed by atoms with Gasteiger partial charge in [0.2, 0.25) is 0 Å². The lowest BCUT2D eigenvalue weighted by Gasteiger charge is -2.15. The van der Waals surface area contributed by atoms with Crippen molar-refractivity contribution in [2.24, 2.45) is 0 Å². The molecule has 0 aliphatic carbocycles. The first-order valence-electron chi connectivity index (χ1n) is 6.51. The molecular formula is C16H19ClN2O. The SMILES string of the molecule is COCCc1ccccc1Nc1cc(Cl)c(N)cc1C. The number of rotatable bonds is 5. The largest absolute Gasteiger partial charge is 0.398 e. The fourth-order valence-electron chi connectivity index (χ4n) is 2.06. The summed E-state index contributed by atoms with van der Waals surface area (Å²) in [7, 11) is 1.71. The first-order chi connectivity index (χ1) is 9.61. The van der Waals surface area contributed by atoms with Crippen LogP contribution >= 0.6 is 11.6 Å². The van der Waals surface area contributed by atoms with Crippen molar-refractivity contribution in [2.45, 2.75) is 13.3 Å². The minimum absolute atomic E-state index is 0.562. The standard InChI is InChI=1S/C16H19ClN2O/c1-11-9-14(18)13(17)10-16(11)19-15-6-4-3-5-12(15)7-8-20-2/h3-6,9-10,19H,7-8,18H2,1-2H3. The predicted molar refractivity (Wildman–Crippen MR) is 85.9 cm³/mol. The number of nitrogen functional groups attached to an aromatic ring is 1. The smallest absolute Gasteiger partial charge is 0.0656 e. The van der Waals surface area contributed by atoms with Gasteiger partial charge in [0.15, 0.2) is 0 Å². The van der Waals surface area contributed by atoms with Gasteiger partial charge in [-0.1, -0.05) is 29.8 Å². The zero-order valence-corrected chi connectivity index (χ0v) is 12.5. The van der Waals surface area contributed by atoms with Crippen molar-refractivity contribution in [3.63, 3.8) is 0 Å². The lowest BCUT2D eigenvalue weighted by molar-refractivity contribution is 0.202. The van der Waals surface area contributed by atoms with E-state index in [2.05, 4.69) is 17.4 Å². The van der Waals surface area contributed by atoms with Gasteiger partial charge < -0.3 is 15.8 Å². The molecule has 4 heteroatoms. The molecule has 0 bridgehead atoms. The van der Waals surface area contributed by atoms with Gasteiger partial charge in [0.1, 0.15) is 0 Å². The second-order valence-electron chi connectivity index (χ2n) is 4.71. The van der Waals surface area contributed by atoms with Crippen molar-refractivity contribution < 1.29 is 4.74 Å². The van der Waals surface area contributed by atoms with E-state index < -0.39 is 0 Å². The lowest BCUT2D eigenvalue weighted by atomic mass is 10.1. The first-order valence-corrected chi connectivity index (χ1v) is 6.89. The average Bonchev–Trinajstić information content (AvgIpc) is 2.44. The Bertz CT molecular complexity index is 599. The number of hydrogen-bond acceptors (Lipinski definition) is 3. The normalized spacial score (nSPS) is 10.6. The van der Waals surface area contributed by atoms with Crippen LogP contribution in [-0.4, -0.2) is 13.7 Å². The summed E-state index contributed by atoms with van der Waals surface area (Å²) in [6.07, 6.45) is 0.863. The number of anilines is 3. The Hall–Kier alpha value is -1.71. The van der Waals surface area contributed by atoms with E-state index in [1.54, 1.807) is 7.11 Å². The van der Waals surface area contributed by atoms with Gasteiger partial charge in [0.05, 0.1) is 17.3 Å². The van der Waals surface area contributed by atoms with Gasteiger partial charge in [0.25, 0.3) is 0 Å². The Morgan fingerprint density at radius 1 is 1.20 bits per heavy atom. The minimum Gasteiger partial charge on any atom is -0.398 e. The van der Waals surface area contributed by atoms with E-state index in [0.717, 1.165) is 23.4 Å². The highest BCUT2D eigenvalue weighted by molar-refractivity contribution is 6.33. The molecule has 0 aromatic heterocycles. The molecule has 20 heavy (non-hydrogen) atoms. The third-order valence-corrected chi connectivity index (χ3v) is 3.53. The third kappa shape index (κ3) is 3.44. The summed E-state index contributed by atoms with van der Waals surface area (Å²) in [6, 6.07) is 11.9. The van der Waals surface area contributed by atoms with Crippen LogP contribution in [0.4, 0.5) is 17.1 Å². The summed E-state index contributed by atoms with van der Waals surface area (Å²) in [5.74, 6) is 0. The molecule has 0 saturated carbocycles. The summed E-state index contributed by atoms with van der Waals surface area (Å²) in [4.78, 5) is 0. The van der Waals surface area contributed by atoms with E-state index in [1.165, 1.54) is 5.56 Å². The van der Waals surface area contributed by atoms with Gasteiger partial charge in [0, 0.05) is 18.5 Å². The van der Waals surface area contributed by atoms with Gasteiger partial charge in [-0.15, -0.1) is 0 Å². The number of halogens is 1. The molecule has 3 N–H and O–H groups in total. The lowest BCUT2D eigenvalue weighted by Crippen LogP contribution is -2.01. The molecule has 0 aliphatic heterocycles. The highest BCUT2D eigenvalue weighted by Crippen LogP contribution is 2.30. The Balaban J connectivity index is 2.28. The molecule has 0 fully saturated rings. The van der Waals surface area contributed by atoms with Crippen LogP contribution in [-0.2, 0) is 11.2 Å². The van der Waals surface area contributed by atoms with Crippen LogP contribution in [0.15, 0.2) is 36.4 Å². The van der Waals surface area contributed by atoms with Crippen molar-refractivity contribution in [1.82, 2.24) is 0 Å². The highest BCUT2D eigenvalue weighted by Gasteiger charge is 2.06. The van der Waals surface area contributed by atoms with Crippen molar-refractivity contribution >= 4 is 28.7 Å². The Kier molecular flexibility index (Phi) is 4.88. The third-order valence-electron chi connectivity index (χ3n) is 3.21. The molecule has 2 rings (SSSR count). The van der Waals surface area contributed by atoms with Crippen LogP contribution in [0.25, 0.3) is 0 Å². The monoisotopic (exact) mass is 290 g/mol. The van der Waals surface area contributed by atoms with Crippen LogP contribution in [0.5, 0.6) is 0 Å². The number of benzene rings is 2. The van der Waals surface area contributed by atoms with E-state index in [0.29, 0.717) is 17.3 Å². The Morgan fingerprint density at radius 3 is 2.70 bits per heavy atom. The molecule has 0 spiro atoms. The van der Waals surface area contributed by atoms with E-state index in [9.17, 15) is 0 Å². The maximum Gasteiger partial charge on any atom is 0.0656 e. The summed E-state index contributed by atoms with van der Waals surface area (Å²) in [6.45, 7) is 2.70. The van der Waals surface area contributed by atoms with Crippen LogP contribution < -0.4 is 11.1 Å². The van der Waals surface area contributed by atoms with Crippen LogP contribution in [0.2, 0.25) is 5.02 Å². The zero-order valence-electron chi connectivity index (χ0n) is 11.7. The predicted octanol–water partition coefficient (Wildman–Crippen LogP) is 4.16. The molecule has 2 aromatic rings. The molecular weight excluding hydrogens is 272 g/mol. The molecule has 0 radical (unpaired) electrons. The summed E-state index contributed by atoms with van der Waals surface area (Å²) in [5.41, 5.74) is 10.7. The molecule has 0 amide bonds. The fourth-order valence-corrected chi connectivity index (χ4v) is 2.22. The van der Waals surface area contributed by atoms with Gasteiger partial charge in [-0.2, -0.15) is 0 Å². The van der Waals surface area contributed by atoms with Gasteiger partial charge >= 0.3 is 0 Å².